The van der Waals surface area contributed by atoms with Gasteiger partial charge in [0.15, 0.2) is 0 Å². The molecule has 3 heteroatoms. The lowest BCUT2D eigenvalue weighted by Crippen LogP contribution is -2.44. The number of hydrogen-bond acceptors (Lipinski definition) is 2. The Morgan fingerprint density at radius 3 is 1.83 bits per heavy atom. The number of carbonyl (C=O) groups excluding carboxylic acids is 1. The molecule has 0 aliphatic carbocycles. The highest BCUT2D eigenvalue weighted by molar-refractivity contribution is 6.76. The van der Waals surface area contributed by atoms with E-state index in [0.29, 0.717) is 12.1 Å². The van der Waals surface area contributed by atoms with Gasteiger partial charge in [0.2, 0.25) is 0 Å². The van der Waals surface area contributed by atoms with Crippen molar-refractivity contribution < 1.29 is 9.53 Å². The largest absolute Gasteiger partial charge is 0.469 e. The van der Waals surface area contributed by atoms with E-state index in [1.54, 1.807) is 0 Å². The monoisotopic (exact) mass is 272 g/mol. The smallest absolute Gasteiger partial charge is 0.312 e. The van der Waals surface area contributed by atoms with E-state index in [-0.39, 0.29) is 11.4 Å². The quantitative estimate of drug-likeness (QED) is 0.544. The lowest BCUT2D eigenvalue weighted by molar-refractivity contribution is -0.161. The molecule has 0 rings (SSSR count). The standard InChI is InChI=1S/C15H32O2Si/c1-12(2)10-15(6,14(3,4)5)13(16)17-11-18(7,8)9/h12H,10-11H2,1-9H3. The minimum atomic E-state index is -1.34. The first-order valence-electron chi connectivity index (χ1n) is 6.97. The Balaban J connectivity index is 4.94. The molecular formula is C15H32O2Si. The van der Waals surface area contributed by atoms with Crippen molar-refractivity contribution in [2.45, 2.75) is 67.6 Å². The fraction of sp³-hybridized carbons (Fsp3) is 0.933. The molecule has 0 aromatic heterocycles. The van der Waals surface area contributed by atoms with Crippen LogP contribution in [0.15, 0.2) is 0 Å². The molecule has 0 N–H and O–H groups in total. The van der Waals surface area contributed by atoms with E-state index in [1.165, 1.54) is 0 Å². The molecule has 1 atom stereocenters. The van der Waals surface area contributed by atoms with Gasteiger partial charge in [0.1, 0.15) is 0 Å². The first-order valence-corrected chi connectivity index (χ1v) is 10.7. The van der Waals surface area contributed by atoms with Gasteiger partial charge in [-0.1, -0.05) is 54.3 Å². The number of esters is 1. The number of carbonyl (C=O) groups is 1. The van der Waals surface area contributed by atoms with Crippen molar-refractivity contribution in [2.24, 2.45) is 16.7 Å². The van der Waals surface area contributed by atoms with Crippen LogP contribution in [0.2, 0.25) is 19.6 Å². The van der Waals surface area contributed by atoms with Crippen LogP contribution in [-0.4, -0.2) is 20.3 Å². The predicted octanol–water partition coefficient (Wildman–Crippen LogP) is 4.51. The fourth-order valence-electron chi connectivity index (χ4n) is 1.95. The maximum Gasteiger partial charge on any atom is 0.312 e. The van der Waals surface area contributed by atoms with Gasteiger partial charge in [0, 0.05) is 0 Å². The van der Waals surface area contributed by atoms with Crippen LogP contribution in [0.25, 0.3) is 0 Å². The minimum absolute atomic E-state index is 0.0221. The molecular weight excluding hydrogens is 240 g/mol. The van der Waals surface area contributed by atoms with E-state index in [2.05, 4.69) is 61.2 Å². The Morgan fingerprint density at radius 1 is 1.11 bits per heavy atom. The zero-order chi connectivity index (χ0) is 14.8. The molecule has 0 radical (unpaired) electrons. The summed E-state index contributed by atoms with van der Waals surface area (Å²) in [6, 6.07) is 0. The van der Waals surface area contributed by atoms with Crippen molar-refractivity contribution in [3.8, 4) is 0 Å². The Kier molecular flexibility index (Phi) is 5.67. The summed E-state index contributed by atoms with van der Waals surface area (Å²) in [6.07, 6.45) is 1.50. The topological polar surface area (TPSA) is 26.3 Å². The lowest BCUT2D eigenvalue weighted by atomic mass is 9.64. The van der Waals surface area contributed by atoms with Gasteiger partial charge in [-0.2, -0.15) is 0 Å². The van der Waals surface area contributed by atoms with Gasteiger partial charge >= 0.3 is 5.97 Å². The SMILES string of the molecule is CC(C)CC(C)(C(=O)OC[Si](C)(C)C)C(C)(C)C. The van der Waals surface area contributed by atoms with E-state index < -0.39 is 13.5 Å². The highest BCUT2D eigenvalue weighted by Gasteiger charge is 2.46. The molecule has 0 amide bonds. The van der Waals surface area contributed by atoms with Crippen LogP contribution in [0.3, 0.4) is 0 Å². The average molecular weight is 273 g/mol. The van der Waals surface area contributed by atoms with Crippen LogP contribution in [0.1, 0.15) is 48.0 Å². The van der Waals surface area contributed by atoms with E-state index in [0.717, 1.165) is 6.42 Å². The van der Waals surface area contributed by atoms with Crippen molar-refractivity contribution in [3.63, 3.8) is 0 Å². The molecule has 0 fully saturated rings. The van der Waals surface area contributed by atoms with Crippen molar-refractivity contribution in [1.29, 1.82) is 0 Å². The molecule has 0 aliphatic heterocycles. The average Bonchev–Trinajstić information content (AvgIpc) is 2.09. The predicted molar refractivity (Wildman–Crippen MR) is 81.3 cm³/mol. The lowest BCUT2D eigenvalue weighted by Gasteiger charge is -2.41. The van der Waals surface area contributed by atoms with Gasteiger partial charge < -0.3 is 4.74 Å². The zero-order valence-electron chi connectivity index (χ0n) is 13.8. The number of hydrogen-bond donors (Lipinski definition) is 0. The van der Waals surface area contributed by atoms with Crippen molar-refractivity contribution >= 4 is 14.0 Å². The van der Waals surface area contributed by atoms with Crippen molar-refractivity contribution in [1.82, 2.24) is 0 Å². The van der Waals surface area contributed by atoms with Crippen LogP contribution >= 0.6 is 0 Å². The van der Waals surface area contributed by atoms with Crippen molar-refractivity contribution in [3.05, 3.63) is 0 Å². The molecule has 0 heterocycles. The third-order valence-electron chi connectivity index (χ3n) is 3.56. The molecule has 0 saturated heterocycles. The van der Waals surface area contributed by atoms with Gasteiger partial charge in [0.05, 0.1) is 19.7 Å². The number of ether oxygens (including phenoxy) is 1. The third kappa shape index (κ3) is 5.13. The molecule has 0 aliphatic rings. The van der Waals surface area contributed by atoms with Crippen LogP contribution < -0.4 is 0 Å². The van der Waals surface area contributed by atoms with Crippen molar-refractivity contribution in [2.75, 3.05) is 6.23 Å². The van der Waals surface area contributed by atoms with Crippen LogP contribution in [0, 0.1) is 16.7 Å². The molecule has 108 valence electrons. The first-order chi connectivity index (χ1) is 7.79. The van der Waals surface area contributed by atoms with E-state index >= 15 is 0 Å². The first kappa shape index (κ1) is 17.7. The highest BCUT2D eigenvalue weighted by Crippen LogP contribution is 2.44. The summed E-state index contributed by atoms with van der Waals surface area (Å²) in [5.41, 5.74) is -0.478. The Bertz CT molecular complexity index is 284. The van der Waals surface area contributed by atoms with E-state index in [9.17, 15) is 4.79 Å². The van der Waals surface area contributed by atoms with Crippen LogP contribution in [0.5, 0.6) is 0 Å². The zero-order valence-corrected chi connectivity index (χ0v) is 14.8. The van der Waals surface area contributed by atoms with E-state index in [1.807, 2.05) is 0 Å². The Morgan fingerprint density at radius 2 is 1.56 bits per heavy atom. The second-order valence-corrected chi connectivity index (χ2v) is 13.7. The molecule has 0 aromatic carbocycles. The molecule has 0 saturated carbocycles. The fourth-order valence-corrected chi connectivity index (χ4v) is 2.52. The molecule has 18 heavy (non-hydrogen) atoms. The molecule has 0 spiro atoms. The van der Waals surface area contributed by atoms with E-state index in [4.69, 9.17) is 4.74 Å². The second kappa shape index (κ2) is 5.77. The second-order valence-electron chi connectivity index (χ2n) is 8.32. The summed E-state index contributed by atoms with van der Waals surface area (Å²) < 4.78 is 5.62. The molecule has 0 aromatic rings. The van der Waals surface area contributed by atoms with Gasteiger partial charge in [-0.05, 0) is 24.7 Å². The molecule has 1 unspecified atom stereocenters. The summed E-state index contributed by atoms with van der Waals surface area (Å²) in [6.45, 7) is 19.4. The van der Waals surface area contributed by atoms with Gasteiger partial charge in [-0.25, -0.2) is 0 Å². The third-order valence-corrected chi connectivity index (χ3v) is 4.57. The maximum absolute atomic E-state index is 12.5. The van der Waals surface area contributed by atoms with Gasteiger partial charge in [0.25, 0.3) is 0 Å². The highest BCUT2D eigenvalue weighted by atomic mass is 28.3. The summed E-state index contributed by atoms with van der Waals surface area (Å²) in [5, 5.41) is 0. The van der Waals surface area contributed by atoms with Gasteiger partial charge in [-0.15, -0.1) is 0 Å². The summed E-state index contributed by atoms with van der Waals surface area (Å²) in [4.78, 5) is 12.5. The van der Waals surface area contributed by atoms with Crippen LogP contribution in [0.4, 0.5) is 0 Å². The molecule has 0 bridgehead atoms. The Labute approximate surface area is 115 Å². The molecule has 2 nitrogen and oxygen atoms in total. The maximum atomic E-state index is 12.5. The summed E-state index contributed by atoms with van der Waals surface area (Å²) in [5.74, 6) is 0.472. The summed E-state index contributed by atoms with van der Waals surface area (Å²) in [7, 11) is -1.34. The minimum Gasteiger partial charge on any atom is -0.469 e. The number of rotatable bonds is 5. The summed E-state index contributed by atoms with van der Waals surface area (Å²) >= 11 is 0. The van der Waals surface area contributed by atoms with Crippen LogP contribution in [-0.2, 0) is 9.53 Å². The van der Waals surface area contributed by atoms with Gasteiger partial charge in [-0.3, -0.25) is 4.79 Å². The normalized spacial score (nSPS) is 16.6. The Hall–Kier alpha value is -0.313.